The van der Waals surface area contributed by atoms with Crippen LogP contribution in [0.15, 0.2) is 42.6 Å². The zero-order valence-electron chi connectivity index (χ0n) is 10.6. The van der Waals surface area contributed by atoms with Gasteiger partial charge in [0.05, 0.1) is 5.56 Å². The third-order valence-corrected chi connectivity index (χ3v) is 3.51. The Kier molecular flexibility index (Phi) is 2.91. The number of nitrogen functional groups attached to an aromatic ring is 1. The summed E-state index contributed by atoms with van der Waals surface area (Å²) in [5.74, 6) is 0.881. The second kappa shape index (κ2) is 4.72. The van der Waals surface area contributed by atoms with Gasteiger partial charge in [-0.1, -0.05) is 24.3 Å². The van der Waals surface area contributed by atoms with E-state index in [4.69, 9.17) is 11.1 Å². The van der Waals surface area contributed by atoms with Gasteiger partial charge in [-0.3, -0.25) is 5.41 Å². The molecule has 0 saturated carbocycles. The molecule has 4 heteroatoms. The maximum atomic E-state index is 7.65. The van der Waals surface area contributed by atoms with Crippen molar-refractivity contribution < 1.29 is 0 Å². The lowest BCUT2D eigenvalue weighted by Gasteiger charge is -2.30. The van der Waals surface area contributed by atoms with Gasteiger partial charge in [0.15, 0.2) is 0 Å². The van der Waals surface area contributed by atoms with Crippen molar-refractivity contribution in [3.63, 3.8) is 0 Å². The molecule has 3 N–H and O–H groups in total. The second-order valence-electron chi connectivity index (χ2n) is 4.73. The summed E-state index contributed by atoms with van der Waals surface area (Å²) >= 11 is 0. The molecule has 0 spiro atoms. The number of nitrogens with zero attached hydrogens (tertiary/aromatic N) is 2. The van der Waals surface area contributed by atoms with Crippen LogP contribution in [0.3, 0.4) is 0 Å². The number of pyridine rings is 1. The van der Waals surface area contributed by atoms with E-state index in [0.29, 0.717) is 5.56 Å². The molecule has 4 nitrogen and oxygen atoms in total. The van der Waals surface area contributed by atoms with Gasteiger partial charge in [0.25, 0.3) is 0 Å². The van der Waals surface area contributed by atoms with Crippen LogP contribution in [0.2, 0.25) is 0 Å². The molecule has 19 heavy (non-hydrogen) atoms. The molecule has 2 aromatic rings. The van der Waals surface area contributed by atoms with Gasteiger partial charge < -0.3 is 10.6 Å². The summed E-state index contributed by atoms with van der Waals surface area (Å²) < 4.78 is 0. The van der Waals surface area contributed by atoms with Gasteiger partial charge >= 0.3 is 0 Å². The van der Waals surface area contributed by atoms with Gasteiger partial charge in [-0.25, -0.2) is 4.98 Å². The molecule has 0 bridgehead atoms. The normalized spacial score (nSPS) is 14.0. The number of aromatic nitrogens is 1. The molecule has 0 radical (unpaired) electrons. The lowest BCUT2D eigenvalue weighted by molar-refractivity contribution is 0.720. The van der Waals surface area contributed by atoms with Crippen LogP contribution in [0.1, 0.15) is 16.7 Å². The van der Waals surface area contributed by atoms with Gasteiger partial charge in [0, 0.05) is 19.3 Å². The highest BCUT2D eigenvalue weighted by Crippen LogP contribution is 2.25. The Bertz CT molecular complexity index is 621. The second-order valence-corrected chi connectivity index (χ2v) is 4.73. The molecule has 96 valence electrons. The van der Waals surface area contributed by atoms with Crippen LogP contribution in [0.4, 0.5) is 5.82 Å². The maximum Gasteiger partial charge on any atom is 0.139 e. The van der Waals surface area contributed by atoms with E-state index in [9.17, 15) is 0 Å². The van der Waals surface area contributed by atoms with E-state index in [-0.39, 0.29) is 5.84 Å². The minimum absolute atomic E-state index is 0.0713. The zero-order valence-corrected chi connectivity index (χ0v) is 10.6. The largest absolute Gasteiger partial charge is 0.384 e. The minimum atomic E-state index is 0.0713. The average Bonchev–Trinajstić information content (AvgIpc) is 2.46. The molecular formula is C15H16N4. The quantitative estimate of drug-likeness (QED) is 0.634. The summed E-state index contributed by atoms with van der Waals surface area (Å²) in [7, 11) is 0. The van der Waals surface area contributed by atoms with Crippen LogP contribution in [0.25, 0.3) is 0 Å². The van der Waals surface area contributed by atoms with Crippen molar-refractivity contribution in [1.29, 1.82) is 5.41 Å². The summed E-state index contributed by atoms with van der Waals surface area (Å²) in [5, 5.41) is 7.65. The Balaban J connectivity index is 1.95. The minimum Gasteiger partial charge on any atom is -0.384 e. The van der Waals surface area contributed by atoms with Crippen molar-refractivity contribution in [1.82, 2.24) is 4.98 Å². The van der Waals surface area contributed by atoms with Gasteiger partial charge in [-0.2, -0.15) is 0 Å². The Morgan fingerprint density at radius 3 is 2.74 bits per heavy atom. The van der Waals surface area contributed by atoms with E-state index in [2.05, 4.69) is 34.1 Å². The molecule has 1 aromatic heterocycles. The number of nitrogens with one attached hydrogen (secondary N) is 1. The molecule has 0 amide bonds. The van der Waals surface area contributed by atoms with Crippen molar-refractivity contribution in [2.45, 2.75) is 13.0 Å². The number of benzene rings is 1. The highest BCUT2D eigenvalue weighted by atomic mass is 15.2. The van der Waals surface area contributed by atoms with Crippen molar-refractivity contribution in [3.05, 3.63) is 59.3 Å². The number of rotatable bonds is 2. The fraction of sp³-hybridized carbons (Fsp3) is 0.200. The molecule has 1 aliphatic heterocycles. The Morgan fingerprint density at radius 2 is 1.95 bits per heavy atom. The molecule has 1 aromatic carbocycles. The third-order valence-electron chi connectivity index (χ3n) is 3.51. The molecule has 3 rings (SSSR count). The fourth-order valence-electron chi connectivity index (χ4n) is 2.54. The summed E-state index contributed by atoms with van der Waals surface area (Å²) in [6, 6.07) is 12.1. The SMILES string of the molecule is N=C(N)c1cccnc1N1CCc2ccccc2C1. The number of anilines is 1. The molecule has 0 unspecified atom stereocenters. The number of fused-ring (bicyclic) bond motifs is 1. The predicted octanol–water partition coefficient (Wildman–Crippen LogP) is 1.93. The van der Waals surface area contributed by atoms with Gasteiger partial charge in [0.2, 0.25) is 0 Å². The topological polar surface area (TPSA) is 66.0 Å². The fourth-order valence-corrected chi connectivity index (χ4v) is 2.54. The molecule has 1 aliphatic rings. The van der Waals surface area contributed by atoms with Crippen molar-refractivity contribution in [3.8, 4) is 0 Å². The van der Waals surface area contributed by atoms with Gasteiger partial charge in [-0.05, 0) is 29.7 Å². The molecule has 0 saturated heterocycles. The predicted molar refractivity (Wildman–Crippen MR) is 76.4 cm³/mol. The smallest absolute Gasteiger partial charge is 0.139 e. The van der Waals surface area contributed by atoms with Crippen LogP contribution in [0.5, 0.6) is 0 Å². The van der Waals surface area contributed by atoms with E-state index in [0.717, 1.165) is 25.3 Å². The van der Waals surface area contributed by atoms with Crippen molar-refractivity contribution >= 4 is 11.7 Å². The first-order valence-electron chi connectivity index (χ1n) is 6.37. The van der Waals surface area contributed by atoms with Crippen LogP contribution in [-0.4, -0.2) is 17.4 Å². The van der Waals surface area contributed by atoms with E-state index < -0.39 is 0 Å². The van der Waals surface area contributed by atoms with Crippen LogP contribution >= 0.6 is 0 Å². The van der Waals surface area contributed by atoms with E-state index in [1.165, 1.54) is 11.1 Å². The number of hydrogen-bond donors (Lipinski definition) is 2. The molecule has 0 aliphatic carbocycles. The van der Waals surface area contributed by atoms with Crippen molar-refractivity contribution in [2.24, 2.45) is 5.73 Å². The molecule has 0 fully saturated rings. The first-order chi connectivity index (χ1) is 9.25. The Hall–Kier alpha value is -2.36. The van der Waals surface area contributed by atoms with Crippen LogP contribution in [0, 0.1) is 5.41 Å². The molecular weight excluding hydrogens is 236 g/mol. The van der Waals surface area contributed by atoms with E-state index in [1.54, 1.807) is 6.20 Å². The highest BCUT2D eigenvalue weighted by Gasteiger charge is 2.19. The number of hydrogen-bond acceptors (Lipinski definition) is 3. The lowest BCUT2D eigenvalue weighted by Crippen LogP contribution is -2.32. The first-order valence-corrected chi connectivity index (χ1v) is 6.37. The van der Waals surface area contributed by atoms with Crippen molar-refractivity contribution in [2.75, 3.05) is 11.4 Å². The first kappa shape index (κ1) is 11.7. The molecule has 0 atom stereocenters. The summed E-state index contributed by atoms with van der Waals surface area (Å²) in [6.07, 6.45) is 2.76. The Morgan fingerprint density at radius 1 is 1.16 bits per heavy atom. The monoisotopic (exact) mass is 252 g/mol. The summed E-state index contributed by atoms with van der Waals surface area (Å²) in [5.41, 5.74) is 9.07. The van der Waals surface area contributed by atoms with Gasteiger partial charge in [-0.15, -0.1) is 0 Å². The average molecular weight is 252 g/mol. The van der Waals surface area contributed by atoms with Gasteiger partial charge in [0.1, 0.15) is 11.7 Å². The standard InChI is InChI=1S/C15H16N4/c16-14(17)13-6-3-8-18-15(13)19-9-7-11-4-1-2-5-12(11)10-19/h1-6,8H,7,9-10H2,(H3,16,17). The lowest BCUT2D eigenvalue weighted by atomic mass is 9.99. The highest BCUT2D eigenvalue weighted by molar-refractivity contribution is 5.99. The zero-order chi connectivity index (χ0) is 13.2. The molecule has 2 heterocycles. The number of nitrogens with two attached hydrogens (primary N) is 1. The summed E-state index contributed by atoms with van der Waals surface area (Å²) in [4.78, 5) is 6.60. The maximum absolute atomic E-state index is 7.65. The van der Waals surface area contributed by atoms with Crippen LogP contribution in [-0.2, 0) is 13.0 Å². The van der Waals surface area contributed by atoms with E-state index in [1.807, 2.05) is 12.1 Å². The van der Waals surface area contributed by atoms with Crippen LogP contribution < -0.4 is 10.6 Å². The summed E-state index contributed by atoms with van der Waals surface area (Å²) in [6.45, 7) is 1.74. The van der Waals surface area contributed by atoms with E-state index >= 15 is 0 Å². The number of amidine groups is 1. The third kappa shape index (κ3) is 2.17. The Labute approximate surface area is 112 Å².